The summed E-state index contributed by atoms with van der Waals surface area (Å²) in [6.45, 7) is 0.812. The lowest BCUT2D eigenvalue weighted by Crippen LogP contribution is -2.37. The Morgan fingerprint density at radius 3 is 2.74 bits per heavy atom. The van der Waals surface area contributed by atoms with Gasteiger partial charge in [-0.15, -0.1) is 0 Å². The average molecular weight is 267 g/mol. The minimum Gasteiger partial charge on any atom is -0.383 e. The molecular weight excluding hydrogens is 250 g/mol. The molecule has 104 valence electrons. The molecule has 1 rings (SSSR count). The van der Waals surface area contributed by atoms with Gasteiger partial charge in [-0.2, -0.15) is 0 Å². The van der Waals surface area contributed by atoms with Crippen LogP contribution in [-0.2, 0) is 23.6 Å². The van der Waals surface area contributed by atoms with Crippen LogP contribution in [0.5, 0.6) is 0 Å². The molecule has 1 aromatic heterocycles. The van der Waals surface area contributed by atoms with E-state index in [0.717, 1.165) is 4.57 Å². The van der Waals surface area contributed by atoms with Gasteiger partial charge in [-0.25, -0.2) is 4.79 Å². The summed E-state index contributed by atoms with van der Waals surface area (Å²) in [7, 11) is 4.47. The highest BCUT2D eigenvalue weighted by atomic mass is 16.5. The summed E-state index contributed by atoms with van der Waals surface area (Å²) >= 11 is 0. The van der Waals surface area contributed by atoms with Gasteiger partial charge in [0, 0.05) is 40.0 Å². The molecule has 1 aromatic rings. The van der Waals surface area contributed by atoms with E-state index in [9.17, 15) is 14.4 Å². The van der Waals surface area contributed by atoms with Crippen LogP contribution in [0.1, 0.15) is 5.56 Å². The first-order chi connectivity index (χ1) is 8.97. The van der Waals surface area contributed by atoms with Crippen LogP contribution in [-0.4, -0.2) is 35.3 Å². The summed E-state index contributed by atoms with van der Waals surface area (Å²) in [6, 6.07) is 0. The molecular formula is C12H17N3O4. The fourth-order valence-corrected chi connectivity index (χ4v) is 1.45. The molecule has 0 aliphatic rings. The molecule has 0 saturated carbocycles. The van der Waals surface area contributed by atoms with Crippen LogP contribution in [0.2, 0.25) is 0 Å². The Hall–Kier alpha value is -2.15. The zero-order chi connectivity index (χ0) is 14.4. The third-order valence-electron chi connectivity index (χ3n) is 2.49. The van der Waals surface area contributed by atoms with Crippen LogP contribution in [0.3, 0.4) is 0 Å². The molecule has 0 fully saturated rings. The van der Waals surface area contributed by atoms with Crippen molar-refractivity contribution in [3.05, 3.63) is 38.7 Å². The standard InChI is InChI=1S/C12H17N3O4/c1-14-8-9(11(17)15(2)12(14)18)4-5-10(16)13-6-7-19-3/h4-5,8H,6-7H2,1-3H3,(H,13,16)/b5-4+. The van der Waals surface area contributed by atoms with E-state index in [0.29, 0.717) is 13.2 Å². The van der Waals surface area contributed by atoms with E-state index in [1.807, 2.05) is 0 Å². The third-order valence-corrected chi connectivity index (χ3v) is 2.49. The molecule has 1 amide bonds. The zero-order valence-electron chi connectivity index (χ0n) is 11.2. The van der Waals surface area contributed by atoms with Crippen molar-refractivity contribution in [2.24, 2.45) is 14.1 Å². The number of amides is 1. The van der Waals surface area contributed by atoms with Crippen molar-refractivity contribution in [1.29, 1.82) is 0 Å². The number of rotatable bonds is 5. The molecule has 1 N–H and O–H groups in total. The van der Waals surface area contributed by atoms with Crippen LogP contribution in [0, 0.1) is 0 Å². The lowest BCUT2D eigenvalue weighted by Gasteiger charge is -2.03. The Labute approximate surface area is 110 Å². The fraction of sp³-hybridized carbons (Fsp3) is 0.417. The van der Waals surface area contributed by atoms with Gasteiger partial charge >= 0.3 is 5.69 Å². The number of nitrogens with zero attached hydrogens (tertiary/aromatic N) is 2. The molecule has 0 atom stereocenters. The first kappa shape index (κ1) is 14.9. The molecule has 0 saturated heterocycles. The second kappa shape index (κ2) is 6.69. The number of hydrogen-bond donors (Lipinski definition) is 1. The monoisotopic (exact) mass is 267 g/mol. The zero-order valence-corrected chi connectivity index (χ0v) is 11.2. The molecule has 0 aromatic carbocycles. The lowest BCUT2D eigenvalue weighted by molar-refractivity contribution is -0.116. The van der Waals surface area contributed by atoms with Gasteiger partial charge in [-0.3, -0.25) is 14.2 Å². The SMILES string of the molecule is COCCNC(=O)/C=C/c1cn(C)c(=O)n(C)c1=O. The second-order valence-corrected chi connectivity index (χ2v) is 3.96. The van der Waals surface area contributed by atoms with Gasteiger partial charge in [0.25, 0.3) is 5.56 Å². The average Bonchev–Trinajstić information content (AvgIpc) is 2.39. The van der Waals surface area contributed by atoms with E-state index in [-0.39, 0.29) is 11.5 Å². The number of methoxy groups -OCH3 is 1. The van der Waals surface area contributed by atoms with Crippen LogP contribution in [0.4, 0.5) is 0 Å². The van der Waals surface area contributed by atoms with Crippen molar-refractivity contribution in [1.82, 2.24) is 14.5 Å². The molecule has 7 nitrogen and oxygen atoms in total. The van der Waals surface area contributed by atoms with Crippen LogP contribution in [0.15, 0.2) is 21.9 Å². The number of carbonyl (C=O) groups is 1. The number of aryl methyl sites for hydroxylation is 1. The maximum Gasteiger partial charge on any atom is 0.330 e. The summed E-state index contributed by atoms with van der Waals surface area (Å²) in [5.41, 5.74) is -0.581. The van der Waals surface area contributed by atoms with E-state index in [4.69, 9.17) is 4.74 Å². The molecule has 0 aliphatic heterocycles. The van der Waals surface area contributed by atoms with Gasteiger partial charge in [-0.05, 0) is 6.08 Å². The Morgan fingerprint density at radius 1 is 1.42 bits per heavy atom. The highest BCUT2D eigenvalue weighted by Gasteiger charge is 2.04. The quantitative estimate of drug-likeness (QED) is 0.540. The molecule has 0 spiro atoms. The summed E-state index contributed by atoms with van der Waals surface area (Å²) in [4.78, 5) is 34.6. The number of aromatic nitrogens is 2. The summed E-state index contributed by atoms with van der Waals surface area (Å²) in [5, 5.41) is 2.59. The summed E-state index contributed by atoms with van der Waals surface area (Å²) < 4.78 is 7.06. The van der Waals surface area contributed by atoms with Gasteiger partial charge in [0.2, 0.25) is 5.91 Å². The van der Waals surface area contributed by atoms with Crippen molar-refractivity contribution in [3.8, 4) is 0 Å². The number of hydrogen-bond acceptors (Lipinski definition) is 4. The van der Waals surface area contributed by atoms with Gasteiger partial charge in [0.15, 0.2) is 0 Å². The first-order valence-electron chi connectivity index (χ1n) is 5.69. The number of carbonyl (C=O) groups excluding carboxylic acids is 1. The van der Waals surface area contributed by atoms with E-state index in [1.54, 1.807) is 0 Å². The Morgan fingerprint density at radius 2 is 2.11 bits per heavy atom. The predicted molar refractivity (Wildman–Crippen MR) is 70.8 cm³/mol. The van der Waals surface area contributed by atoms with E-state index in [2.05, 4.69) is 5.32 Å². The maximum absolute atomic E-state index is 11.8. The maximum atomic E-state index is 11.8. The second-order valence-electron chi connectivity index (χ2n) is 3.96. The molecule has 0 radical (unpaired) electrons. The van der Waals surface area contributed by atoms with Crippen molar-refractivity contribution in [3.63, 3.8) is 0 Å². The van der Waals surface area contributed by atoms with Crippen LogP contribution < -0.4 is 16.6 Å². The van der Waals surface area contributed by atoms with Crippen molar-refractivity contribution in [2.75, 3.05) is 20.3 Å². The third kappa shape index (κ3) is 3.92. The van der Waals surface area contributed by atoms with Crippen LogP contribution in [0.25, 0.3) is 6.08 Å². The van der Waals surface area contributed by atoms with Crippen molar-refractivity contribution in [2.45, 2.75) is 0 Å². The molecule has 0 aliphatic carbocycles. The van der Waals surface area contributed by atoms with Gasteiger partial charge in [0.05, 0.1) is 12.2 Å². The molecule has 0 unspecified atom stereocenters. The normalized spacial score (nSPS) is 10.9. The summed E-state index contributed by atoms with van der Waals surface area (Å²) in [6.07, 6.45) is 4.02. The Balaban J connectivity index is 2.86. The van der Waals surface area contributed by atoms with E-state index in [1.165, 1.54) is 44.1 Å². The molecule has 1 heterocycles. The first-order valence-corrected chi connectivity index (χ1v) is 5.69. The highest BCUT2D eigenvalue weighted by Crippen LogP contribution is 1.91. The predicted octanol–water partition coefficient (Wildman–Crippen LogP) is -1.14. The minimum atomic E-state index is -0.441. The van der Waals surface area contributed by atoms with Crippen LogP contribution >= 0.6 is 0 Å². The molecule has 19 heavy (non-hydrogen) atoms. The number of ether oxygens (including phenoxy) is 1. The summed E-state index contributed by atoms with van der Waals surface area (Å²) in [5.74, 6) is -0.326. The topological polar surface area (TPSA) is 82.3 Å². The Bertz CT molecular complexity index is 598. The Kier molecular flexibility index (Phi) is 5.25. The van der Waals surface area contributed by atoms with E-state index >= 15 is 0 Å². The highest BCUT2D eigenvalue weighted by molar-refractivity contribution is 5.91. The largest absolute Gasteiger partial charge is 0.383 e. The smallest absolute Gasteiger partial charge is 0.330 e. The van der Waals surface area contributed by atoms with Gasteiger partial charge in [0.1, 0.15) is 0 Å². The van der Waals surface area contributed by atoms with Gasteiger partial charge in [-0.1, -0.05) is 0 Å². The molecule has 7 heteroatoms. The van der Waals surface area contributed by atoms with E-state index < -0.39 is 11.2 Å². The molecule has 0 bridgehead atoms. The van der Waals surface area contributed by atoms with Crippen molar-refractivity contribution < 1.29 is 9.53 Å². The lowest BCUT2D eigenvalue weighted by atomic mass is 10.3. The van der Waals surface area contributed by atoms with Crippen molar-refractivity contribution >= 4 is 12.0 Å². The van der Waals surface area contributed by atoms with Gasteiger partial charge < -0.3 is 14.6 Å². The minimum absolute atomic E-state index is 0.270. The fourth-order valence-electron chi connectivity index (χ4n) is 1.45. The number of nitrogens with one attached hydrogen (secondary N) is 1.